The normalized spacial score (nSPS) is 10.9. The van der Waals surface area contributed by atoms with Gasteiger partial charge in [0.25, 0.3) is 5.91 Å². The van der Waals surface area contributed by atoms with E-state index in [4.69, 9.17) is 9.47 Å². The first kappa shape index (κ1) is 21.5. The number of benzene rings is 2. The molecule has 0 saturated carbocycles. The summed E-state index contributed by atoms with van der Waals surface area (Å²) < 4.78 is 13.0. The van der Waals surface area contributed by atoms with Crippen LogP contribution in [0.2, 0.25) is 0 Å². The van der Waals surface area contributed by atoms with Gasteiger partial charge in [0, 0.05) is 3.57 Å². The van der Waals surface area contributed by atoms with Gasteiger partial charge in [0.15, 0.2) is 11.5 Å². The molecule has 0 aromatic heterocycles. The molecule has 0 saturated heterocycles. The third-order valence-corrected chi connectivity index (χ3v) is 5.16. The number of ether oxygens (including phenoxy) is 2. The molecule has 0 heterocycles. The maximum absolute atomic E-state index is 12.5. The highest BCUT2D eigenvalue weighted by Gasteiger charge is 2.14. The molecule has 2 aromatic rings. The summed E-state index contributed by atoms with van der Waals surface area (Å²) in [6, 6.07) is 13.0. The van der Waals surface area contributed by atoms with Crippen LogP contribution in [0, 0.1) is 18.5 Å². The van der Waals surface area contributed by atoms with Crippen LogP contribution in [-0.2, 0) is 4.79 Å². The number of hydrogen-bond acceptors (Lipinski definition) is 4. The highest BCUT2D eigenvalue weighted by atomic mass is 127. The molecule has 0 aliphatic heterocycles. The Kier molecular flexibility index (Phi) is 8.37. The lowest BCUT2D eigenvalue weighted by molar-refractivity contribution is -0.112. The van der Waals surface area contributed by atoms with Gasteiger partial charge in [-0.15, -0.1) is 0 Å². The maximum atomic E-state index is 12.5. The van der Waals surface area contributed by atoms with Crippen molar-refractivity contribution >= 4 is 62.9 Å². The number of carbonyl (C=O) groups excluding carboxylic acids is 1. The Morgan fingerprint density at radius 3 is 2.48 bits per heavy atom. The quantitative estimate of drug-likeness (QED) is 0.273. The van der Waals surface area contributed by atoms with E-state index in [0.29, 0.717) is 36.0 Å². The Bertz CT molecular complexity index is 905. The number of nitrogens with zero attached hydrogens (tertiary/aromatic N) is 1. The molecule has 0 atom stereocenters. The number of halogens is 2. The molecule has 1 amide bonds. The zero-order valence-corrected chi connectivity index (χ0v) is 19.2. The minimum atomic E-state index is -0.455. The fourth-order valence-electron chi connectivity index (χ4n) is 2.29. The zero-order valence-electron chi connectivity index (χ0n) is 14.9. The predicted molar refractivity (Wildman–Crippen MR) is 123 cm³/mol. The maximum Gasteiger partial charge on any atom is 0.266 e. The van der Waals surface area contributed by atoms with Crippen LogP contribution in [-0.4, -0.2) is 19.1 Å². The first-order valence-corrected chi connectivity index (χ1v) is 10.4. The fourth-order valence-corrected chi connectivity index (χ4v) is 3.59. The van der Waals surface area contributed by atoms with Crippen LogP contribution in [0.1, 0.15) is 19.4 Å². The van der Waals surface area contributed by atoms with E-state index < -0.39 is 5.91 Å². The molecule has 0 unspecified atom stereocenters. The van der Waals surface area contributed by atoms with Gasteiger partial charge in [-0.25, -0.2) is 0 Å². The summed E-state index contributed by atoms with van der Waals surface area (Å²) in [5, 5.41) is 12.2. The molecule has 0 fully saturated rings. The van der Waals surface area contributed by atoms with Crippen molar-refractivity contribution in [3.8, 4) is 17.6 Å². The van der Waals surface area contributed by atoms with E-state index >= 15 is 0 Å². The molecule has 0 bridgehead atoms. The smallest absolute Gasteiger partial charge is 0.266 e. The first-order chi connectivity index (χ1) is 13.0. The van der Waals surface area contributed by atoms with Gasteiger partial charge >= 0.3 is 0 Å². The molecule has 1 N–H and O–H groups in total. The van der Waals surface area contributed by atoms with Crippen molar-refractivity contribution in [2.75, 3.05) is 18.5 Å². The average molecular weight is 588 g/mol. The SMILES string of the molecule is CCOc1cc(C=C(C#N)C(=O)Nc2ccccc2I)cc(I)c1OCC. The highest BCUT2D eigenvalue weighted by molar-refractivity contribution is 14.1. The minimum absolute atomic E-state index is 0.0112. The summed E-state index contributed by atoms with van der Waals surface area (Å²) >= 11 is 4.29. The van der Waals surface area contributed by atoms with Crippen molar-refractivity contribution in [3.05, 3.63) is 54.7 Å². The van der Waals surface area contributed by atoms with Crippen LogP contribution in [0.15, 0.2) is 42.0 Å². The van der Waals surface area contributed by atoms with E-state index in [0.717, 1.165) is 7.14 Å². The topological polar surface area (TPSA) is 71.3 Å². The number of hydrogen-bond donors (Lipinski definition) is 1. The Morgan fingerprint density at radius 1 is 1.15 bits per heavy atom. The van der Waals surface area contributed by atoms with E-state index in [1.807, 2.05) is 44.2 Å². The number of nitrogens with one attached hydrogen (secondary N) is 1. The zero-order chi connectivity index (χ0) is 19.8. The van der Waals surface area contributed by atoms with Crippen LogP contribution < -0.4 is 14.8 Å². The summed E-state index contributed by atoms with van der Waals surface area (Å²) in [7, 11) is 0. The summed E-state index contributed by atoms with van der Waals surface area (Å²) in [5.41, 5.74) is 1.37. The van der Waals surface area contributed by atoms with Crippen molar-refractivity contribution in [3.63, 3.8) is 0 Å². The van der Waals surface area contributed by atoms with Crippen LogP contribution in [0.4, 0.5) is 5.69 Å². The molecule has 2 aromatic carbocycles. The molecule has 140 valence electrons. The molecule has 0 aliphatic carbocycles. The van der Waals surface area contributed by atoms with Gasteiger partial charge in [0.1, 0.15) is 11.6 Å². The number of para-hydroxylation sites is 1. The summed E-state index contributed by atoms with van der Waals surface area (Å²) in [5.74, 6) is 0.801. The Hall–Kier alpha value is -1.80. The number of anilines is 1. The summed E-state index contributed by atoms with van der Waals surface area (Å²) in [6.45, 7) is 4.80. The van der Waals surface area contributed by atoms with E-state index in [-0.39, 0.29) is 5.57 Å². The van der Waals surface area contributed by atoms with Crippen LogP contribution in [0.3, 0.4) is 0 Å². The fraction of sp³-hybridized carbons (Fsp3) is 0.200. The summed E-state index contributed by atoms with van der Waals surface area (Å²) in [6.07, 6.45) is 1.55. The van der Waals surface area contributed by atoms with E-state index in [1.54, 1.807) is 18.2 Å². The van der Waals surface area contributed by atoms with Gasteiger partial charge in [-0.2, -0.15) is 5.26 Å². The van der Waals surface area contributed by atoms with Crippen LogP contribution >= 0.6 is 45.2 Å². The molecule has 0 radical (unpaired) electrons. The van der Waals surface area contributed by atoms with Crippen molar-refractivity contribution in [2.45, 2.75) is 13.8 Å². The second-order valence-electron chi connectivity index (χ2n) is 5.30. The Balaban J connectivity index is 2.35. The lowest BCUT2D eigenvalue weighted by Crippen LogP contribution is -2.14. The third-order valence-electron chi connectivity index (χ3n) is 3.42. The van der Waals surface area contributed by atoms with Crippen LogP contribution in [0.5, 0.6) is 11.5 Å². The van der Waals surface area contributed by atoms with Gasteiger partial charge in [0.05, 0.1) is 22.5 Å². The van der Waals surface area contributed by atoms with Crippen LogP contribution in [0.25, 0.3) is 6.08 Å². The predicted octanol–water partition coefficient (Wildman–Crippen LogP) is 5.24. The van der Waals surface area contributed by atoms with Gasteiger partial charge < -0.3 is 14.8 Å². The standard InChI is InChI=1S/C20H18I2N2O3/c1-3-26-18-11-13(10-16(22)19(18)27-4-2)9-14(12-23)20(25)24-17-8-6-5-7-15(17)21/h5-11H,3-4H2,1-2H3,(H,24,25). The highest BCUT2D eigenvalue weighted by Crippen LogP contribution is 2.35. The van der Waals surface area contributed by atoms with Crippen molar-refractivity contribution in [1.82, 2.24) is 0 Å². The van der Waals surface area contributed by atoms with Gasteiger partial charge in [-0.1, -0.05) is 12.1 Å². The van der Waals surface area contributed by atoms with Gasteiger partial charge in [-0.05, 0) is 94.9 Å². The molecule has 27 heavy (non-hydrogen) atoms. The lowest BCUT2D eigenvalue weighted by Gasteiger charge is -2.13. The number of rotatable bonds is 7. The number of amides is 1. The van der Waals surface area contributed by atoms with E-state index in [1.165, 1.54) is 0 Å². The molecular formula is C20H18I2N2O3. The number of nitriles is 1. The van der Waals surface area contributed by atoms with Gasteiger partial charge in [-0.3, -0.25) is 4.79 Å². The van der Waals surface area contributed by atoms with E-state index in [2.05, 4.69) is 50.5 Å². The Morgan fingerprint density at radius 2 is 1.85 bits per heavy atom. The second-order valence-corrected chi connectivity index (χ2v) is 7.62. The molecule has 7 heteroatoms. The second kappa shape index (κ2) is 10.5. The van der Waals surface area contributed by atoms with Crippen molar-refractivity contribution < 1.29 is 14.3 Å². The van der Waals surface area contributed by atoms with Crippen molar-refractivity contribution in [1.29, 1.82) is 5.26 Å². The molecule has 0 aliphatic rings. The molecule has 2 rings (SSSR count). The lowest BCUT2D eigenvalue weighted by atomic mass is 10.1. The Labute approximate surface area is 186 Å². The van der Waals surface area contributed by atoms with Gasteiger partial charge in [0.2, 0.25) is 0 Å². The van der Waals surface area contributed by atoms with Crippen molar-refractivity contribution in [2.24, 2.45) is 0 Å². The molecule has 5 nitrogen and oxygen atoms in total. The molecular weight excluding hydrogens is 570 g/mol. The minimum Gasteiger partial charge on any atom is -0.490 e. The largest absolute Gasteiger partial charge is 0.490 e. The average Bonchev–Trinajstić information content (AvgIpc) is 2.64. The first-order valence-electron chi connectivity index (χ1n) is 8.26. The third kappa shape index (κ3) is 5.84. The molecule has 0 spiro atoms. The summed E-state index contributed by atoms with van der Waals surface area (Å²) in [4.78, 5) is 12.5. The number of carbonyl (C=O) groups is 1. The monoisotopic (exact) mass is 588 g/mol. The van der Waals surface area contributed by atoms with E-state index in [9.17, 15) is 10.1 Å².